The lowest BCUT2D eigenvalue weighted by Gasteiger charge is -2.34. The van der Waals surface area contributed by atoms with Crippen LogP contribution >= 0.6 is 11.3 Å². The number of ether oxygens (including phenoxy) is 1. The van der Waals surface area contributed by atoms with Gasteiger partial charge in [0.1, 0.15) is 0 Å². The minimum Gasteiger partial charge on any atom is -0.381 e. The van der Waals surface area contributed by atoms with Crippen molar-refractivity contribution in [3.63, 3.8) is 0 Å². The number of aryl methyl sites for hydroxylation is 1. The number of nitrogens with one attached hydrogen (secondary N) is 1. The predicted octanol–water partition coefficient (Wildman–Crippen LogP) is 2.81. The molecular weight excluding hydrogens is 310 g/mol. The molecule has 0 unspecified atom stereocenters. The average Bonchev–Trinajstić information content (AvgIpc) is 3.04. The molecule has 0 aliphatic carbocycles. The highest BCUT2D eigenvalue weighted by atomic mass is 32.1. The van der Waals surface area contributed by atoms with Crippen LogP contribution in [0.1, 0.15) is 18.4 Å². The third kappa shape index (κ3) is 3.44. The molecule has 1 aliphatic heterocycles. The van der Waals surface area contributed by atoms with Gasteiger partial charge in [-0.1, -0.05) is 29.8 Å². The zero-order valence-corrected chi connectivity index (χ0v) is 14.0. The molecule has 2 aromatic rings. The molecule has 0 spiro atoms. The summed E-state index contributed by atoms with van der Waals surface area (Å²) >= 11 is 1.43. The molecular formula is C17H21N3O2S. The molecule has 1 aliphatic rings. The van der Waals surface area contributed by atoms with E-state index in [0.717, 1.165) is 11.3 Å². The van der Waals surface area contributed by atoms with E-state index < -0.39 is 5.41 Å². The lowest BCUT2D eigenvalue weighted by atomic mass is 9.79. The van der Waals surface area contributed by atoms with Crippen molar-refractivity contribution < 1.29 is 9.53 Å². The fourth-order valence-corrected chi connectivity index (χ4v) is 3.42. The number of rotatable bonds is 4. The molecule has 0 bridgehead atoms. The van der Waals surface area contributed by atoms with Gasteiger partial charge in [0.15, 0.2) is 5.13 Å². The quantitative estimate of drug-likeness (QED) is 0.903. The van der Waals surface area contributed by atoms with Gasteiger partial charge in [-0.3, -0.25) is 4.79 Å². The van der Waals surface area contributed by atoms with Gasteiger partial charge in [0.25, 0.3) is 0 Å². The van der Waals surface area contributed by atoms with Crippen LogP contribution in [-0.4, -0.2) is 30.6 Å². The molecule has 122 valence electrons. The van der Waals surface area contributed by atoms with E-state index in [1.165, 1.54) is 16.9 Å². The molecule has 0 saturated carbocycles. The zero-order chi connectivity index (χ0) is 16.3. The summed E-state index contributed by atoms with van der Waals surface area (Å²) in [4.78, 5) is 17.2. The monoisotopic (exact) mass is 331 g/mol. The summed E-state index contributed by atoms with van der Waals surface area (Å²) in [5.41, 5.74) is 8.47. The van der Waals surface area contributed by atoms with Crippen LogP contribution in [-0.2, 0) is 9.53 Å². The van der Waals surface area contributed by atoms with Crippen LogP contribution in [0.25, 0.3) is 11.3 Å². The predicted molar refractivity (Wildman–Crippen MR) is 92.5 cm³/mol. The summed E-state index contributed by atoms with van der Waals surface area (Å²) in [6, 6.07) is 8.18. The first-order valence-corrected chi connectivity index (χ1v) is 8.63. The van der Waals surface area contributed by atoms with Crippen molar-refractivity contribution in [3.8, 4) is 11.3 Å². The summed E-state index contributed by atoms with van der Waals surface area (Å²) in [6.07, 6.45) is 1.32. The van der Waals surface area contributed by atoms with Crippen LogP contribution in [0.5, 0.6) is 0 Å². The first kappa shape index (κ1) is 16.1. The van der Waals surface area contributed by atoms with Gasteiger partial charge in [0, 0.05) is 30.7 Å². The lowest BCUT2D eigenvalue weighted by molar-refractivity contribution is -0.130. The van der Waals surface area contributed by atoms with Crippen molar-refractivity contribution in [2.24, 2.45) is 11.1 Å². The molecule has 0 radical (unpaired) electrons. The van der Waals surface area contributed by atoms with Gasteiger partial charge < -0.3 is 15.8 Å². The molecule has 2 heterocycles. The Morgan fingerprint density at radius 2 is 2.04 bits per heavy atom. The van der Waals surface area contributed by atoms with Gasteiger partial charge in [-0.05, 0) is 19.8 Å². The van der Waals surface area contributed by atoms with Crippen LogP contribution in [0, 0.1) is 12.3 Å². The van der Waals surface area contributed by atoms with Gasteiger partial charge in [-0.25, -0.2) is 4.98 Å². The number of nitrogens with two attached hydrogens (primary N) is 1. The Labute approximate surface area is 139 Å². The lowest BCUT2D eigenvalue weighted by Crippen LogP contribution is -2.46. The first-order valence-electron chi connectivity index (χ1n) is 7.75. The standard InChI is InChI=1S/C17H21N3O2S/c1-12-2-4-13(5-3-12)14-10-23-16(19-14)20-15(21)17(11-18)6-8-22-9-7-17/h2-5,10H,6-9,11,18H2,1H3,(H,19,20,21). The van der Waals surface area contributed by atoms with Crippen molar-refractivity contribution >= 4 is 22.4 Å². The van der Waals surface area contributed by atoms with Crippen molar-refractivity contribution in [1.82, 2.24) is 4.98 Å². The molecule has 1 saturated heterocycles. The number of hydrogen-bond donors (Lipinski definition) is 2. The maximum atomic E-state index is 12.6. The average molecular weight is 331 g/mol. The van der Waals surface area contributed by atoms with Crippen molar-refractivity contribution in [3.05, 3.63) is 35.2 Å². The Balaban J connectivity index is 1.73. The Hall–Kier alpha value is -1.76. The second kappa shape index (κ2) is 6.78. The van der Waals surface area contributed by atoms with Gasteiger partial charge in [0.2, 0.25) is 5.91 Å². The Bertz CT molecular complexity index is 675. The van der Waals surface area contributed by atoms with Gasteiger partial charge >= 0.3 is 0 Å². The second-order valence-electron chi connectivity index (χ2n) is 5.95. The molecule has 5 nitrogen and oxygen atoms in total. The molecule has 1 amide bonds. The number of amides is 1. The Morgan fingerprint density at radius 3 is 2.70 bits per heavy atom. The molecule has 1 fully saturated rings. The van der Waals surface area contributed by atoms with Gasteiger partial charge in [-0.2, -0.15) is 0 Å². The fourth-order valence-electron chi connectivity index (χ4n) is 2.70. The number of hydrogen-bond acceptors (Lipinski definition) is 5. The van der Waals surface area contributed by atoms with Crippen LogP contribution in [0.2, 0.25) is 0 Å². The normalized spacial score (nSPS) is 17.0. The maximum absolute atomic E-state index is 12.6. The van der Waals surface area contributed by atoms with Crippen LogP contribution in [0.3, 0.4) is 0 Å². The van der Waals surface area contributed by atoms with Crippen molar-refractivity contribution in [2.75, 3.05) is 25.1 Å². The number of aromatic nitrogens is 1. The van der Waals surface area contributed by atoms with Crippen molar-refractivity contribution in [2.45, 2.75) is 19.8 Å². The summed E-state index contributed by atoms with van der Waals surface area (Å²) in [5, 5.41) is 5.51. The molecule has 1 aromatic heterocycles. The summed E-state index contributed by atoms with van der Waals surface area (Å²) in [5.74, 6) is -0.0480. The van der Waals surface area contributed by atoms with Crippen LogP contribution in [0.15, 0.2) is 29.6 Å². The first-order chi connectivity index (χ1) is 11.1. The fraction of sp³-hybridized carbons (Fsp3) is 0.412. The van der Waals surface area contributed by atoms with E-state index in [1.807, 2.05) is 17.5 Å². The topological polar surface area (TPSA) is 77.2 Å². The highest BCUT2D eigenvalue weighted by molar-refractivity contribution is 7.14. The summed E-state index contributed by atoms with van der Waals surface area (Å²) in [7, 11) is 0. The van der Waals surface area contributed by atoms with E-state index in [-0.39, 0.29) is 5.91 Å². The minimum atomic E-state index is -0.534. The molecule has 6 heteroatoms. The maximum Gasteiger partial charge on any atom is 0.233 e. The highest BCUT2D eigenvalue weighted by Crippen LogP contribution is 2.32. The van der Waals surface area contributed by atoms with Crippen molar-refractivity contribution in [1.29, 1.82) is 0 Å². The molecule has 3 rings (SSSR count). The number of thiazole rings is 1. The van der Waals surface area contributed by atoms with E-state index in [0.29, 0.717) is 37.7 Å². The molecule has 23 heavy (non-hydrogen) atoms. The Morgan fingerprint density at radius 1 is 1.35 bits per heavy atom. The Kier molecular flexibility index (Phi) is 4.75. The molecule has 3 N–H and O–H groups in total. The molecule has 1 aromatic carbocycles. The van der Waals surface area contributed by atoms with Gasteiger partial charge in [-0.15, -0.1) is 11.3 Å². The number of anilines is 1. The van der Waals surface area contributed by atoms with Crippen LogP contribution < -0.4 is 11.1 Å². The number of benzene rings is 1. The smallest absolute Gasteiger partial charge is 0.233 e. The largest absolute Gasteiger partial charge is 0.381 e. The second-order valence-corrected chi connectivity index (χ2v) is 6.81. The number of carbonyl (C=O) groups is 1. The van der Waals surface area contributed by atoms with E-state index >= 15 is 0 Å². The third-order valence-electron chi connectivity index (χ3n) is 4.39. The number of carbonyl (C=O) groups excluding carboxylic acids is 1. The summed E-state index contributed by atoms with van der Waals surface area (Å²) < 4.78 is 5.35. The van der Waals surface area contributed by atoms with E-state index in [4.69, 9.17) is 10.5 Å². The zero-order valence-electron chi connectivity index (χ0n) is 13.2. The van der Waals surface area contributed by atoms with E-state index in [2.05, 4.69) is 29.4 Å². The van der Waals surface area contributed by atoms with Gasteiger partial charge in [0.05, 0.1) is 11.1 Å². The minimum absolute atomic E-state index is 0.0480. The SMILES string of the molecule is Cc1ccc(-c2csc(NC(=O)C3(CN)CCOCC3)n2)cc1. The van der Waals surface area contributed by atoms with E-state index in [1.54, 1.807) is 0 Å². The van der Waals surface area contributed by atoms with Crippen LogP contribution in [0.4, 0.5) is 5.13 Å². The highest BCUT2D eigenvalue weighted by Gasteiger charge is 2.39. The van der Waals surface area contributed by atoms with E-state index in [9.17, 15) is 4.79 Å². The number of nitrogens with zero attached hydrogens (tertiary/aromatic N) is 1. The third-order valence-corrected chi connectivity index (χ3v) is 5.15. The summed E-state index contributed by atoms with van der Waals surface area (Å²) in [6.45, 7) is 3.54. The molecule has 0 atom stereocenters.